The Hall–Kier alpha value is -1.10. The van der Waals surface area contributed by atoms with Gasteiger partial charge in [-0.15, -0.1) is 10.2 Å². The summed E-state index contributed by atoms with van der Waals surface area (Å²) < 4.78 is 2.13. The Bertz CT molecular complexity index is 303. The molecule has 1 aromatic rings. The van der Waals surface area contributed by atoms with Crippen molar-refractivity contribution in [2.75, 3.05) is 18.4 Å². The molecule has 92 valence electrons. The molecule has 1 atom stereocenters. The van der Waals surface area contributed by atoms with Crippen LogP contribution in [0.5, 0.6) is 0 Å². The van der Waals surface area contributed by atoms with E-state index in [2.05, 4.69) is 40.9 Å². The molecule has 16 heavy (non-hydrogen) atoms. The number of rotatable bonds is 7. The Morgan fingerprint density at radius 1 is 1.31 bits per heavy atom. The van der Waals surface area contributed by atoms with Gasteiger partial charge in [0.25, 0.3) is 0 Å². The van der Waals surface area contributed by atoms with Gasteiger partial charge in [0.15, 0.2) is 0 Å². The molecule has 0 radical (unpaired) electrons. The minimum atomic E-state index is 0.504. The lowest BCUT2D eigenvalue weighted by atomic mass is 10.0. The fourth-order valence-corrected chi connectivity index (χ4v) is 1.76. The van der Waals surface area contributed by atoms with Gasteiger partial charge in [-0.2, -0.15) is 0 Å². The minimum absolute atomic E-state index is 0.504. The molecule has 0 bridgehead atoms. The fraction of sp³-hybridized carbons (Fsp3) is 0.818. The molecule has 0 spiro atoms. The van der Waals surface area contributed by atoms with Crippen LogP contribution in [-0.2, 0) is 13.0 Å². The highest BCUT2D eigenvalue weighted by atomic mass is 15.3. The number of aromatic nitrogens is 3. The molecule has 0 aliphatic carbocycles. The highest BCUT2D eigenvalue weighted by molar-refractivity contribution is 5.25. The number of hydrogen-bond acceptors (Lipinski definition) is 4. The van der Waals surface area contributed by atoms with Crippen LogP contribution in [0.3, 0.4) is 0 Å². The Labute approximate surface area is 97.4 Å². The lowest BCUT2D eigenvalue weighted by molar-refractivity contribution is 0.491. The summed E-state index contributed by atoms with van der Waals surface area (Å²) in [6, 6.07) is 0. The molecular weight excluding hydrogens is 202 g/mol. The van der Waals surface area contributed by atoms with Crippen LogP contribution in [0.4, 0.5) is 5.95 Å². The maximum Gasteiger partial charge on any atom is 0.224 e. The second kappa shape index (κ2) is 6.48. The van der Waals surface area contributed by atoms with Crippen LogP contribution in [0.1, 0.15) is 33.0 Å². The smallest absolute Gasteiger partial charge is 0.224 e. The van der Waals surface area contributed by atoms with Crippen molar-refractivity contribution < 1.29 is 0 Å². The van der Waals surface area contributed by atoms with Crippen molar-refractivity contribution in [2.24, 2.45) is 11.7 Å². The monoisotopic (exact) mass is 225 g/mol. The number of anilines is 1. The average Bonchev–Trinajstić information content (AvgIpc) is 2.68. The SMILES string of the molecule is CCNc1nnc(CC(CC)CN)n1CC. The zero-order valence-corrected chi connectivity index (χ0v) is 10.5. The highest BCUT2D eigenvalue weighted by Gasteiger charge is 2.13. The average molecular weight is 225 g/mol. The highest BCUT2D eigenvalue weighted by Crippen LogP contribution is 2.13. The van der Waals surface area contributed by atoms with E-state index in [4.69, 9.17) is 5.73 Å². The summed E-state index contributed by atoms with van der Waals surface area (Å²) in [7, 11) is 0. The van der Waals surface area contributed by atoms with Crippen LogP contribution < -0.4 is 11.1 Å². The summed E-state index contributed by atoms with van der Waals surface area (Å²) in [5, 5.41) is 11.6. The molecule has 1 unspecified atom stereocenters. The van der Waals surface area contributed by atoms with Gasteiger partial charge in [0.05, 0.1) is 0 Å². The van der Waals surface area contributed by atoms with Crippen LogP contribution in [0.15, 0.2) is 0 Å². The summed E-state index contributed by atoms with van der Waals surface area (Å²) in [4.78, 5) is 0. The van der Waals surface area contributed by atoms with Crippen LogP contribution in [0.25, 0.3) is 0 Å². The first kappa shape index (κ1) is 13.0. The Morgan fingerprint density at radius 3 is 2.56 bits per heavy atom. The van der Waals surface area contributed by atoms with Crippen molar-refractivity contribution in [3.8, 4) is 0 Å². The van der Waals surface area contributed by atoms with Crippen molar-refractivity contribution in [3.63, 3.8) is 0 Å². The molecule has 5 nitrogen and oxygen atoms in total. The lowest BCUT2D eigenvalue weighted by Gasteiger charge is -2.13. The topological polar surface area (TPSA) is 68.8 Å². The third kappa shape index (κ3) is 2.95. The predicted molar refractivity (Wildman–Crippen MR) is 66.4 cm³/mol. The number of hydrogen-bond donors (Lipinski definition) is 2. The second-order valence-corrected chi connectivity index (χ2v) is 3.93. The third-order valence-corrected chi connectivity index (χ3v) is 2.86. The van der Waals surface area contributed by atoms with Crippen molar-refractivity contribution in [3.05, 3.63) is 5.82 Å². The van der Waals surface area contributed by atoms with Gasteiger partial charge in [-0.3, -0.25) is 4.57 Å². The maximum atomic E-state index is 5.72. The first-order valence-corrected chi connectivity index (χ1v) is 6.12. The minimum Gasteiger partial charge on any atom is -0.355 e. The van der Waals surface area contributed by atoms with Crippen LogP contribution in [0, 0.1) is 5.92 Å². The molecule has 0 saturated heterocycles. The van der Waals surface area contributed by atoms with E-state index in [1.165, 1.54) is 0 Å². The standard InChI is InChI=1S/C11H23N5/c1-4-9(8-12)7-10-14-15-11(13-5-2)16(10)6-3/h9H,4-8,12H2,1-3H3,(H,13,15). The van der Waals surface area contributed by atoms with Gasteiger partial charge in [0, 0.05) is 19.5 Å². The molecule has 0 aliphatic heterocycles. The van der Waals surface area contributed by atoms with E-state index in [0.717, 1.165) is 37.7 Å². The Morgan fingerprint density at radius 2 is 2.06 bits per heavy atom. The molecule has 1 heterocycles. The molecule has 1 rings (SSSR count). The van der Waals surface area contributed by atoms with Gasteiger partial charge in [-0.1, -0.05) is 13.3 Å². The van der Waals surface area contributed by atoms with E-state index in [1.807, 2.05) is 0 Å². The number of nitrogens with one attached hydrogen (secondary N) is 1. The first-order chi connectivity index (χ1) is 7.76. The lowest BCUT2D eigenvalue weighted by Crippen LogP contribution is -2.18. The summed E-state index contributed by atoms with van der Waals surface area (Å²) >= 11 is 0. The molecule has 0 fully saturated rings. The van der Waals surface area contributed by atoms with E-state index in [1.54, 1.807) is 0 Å². The van der Waals surface area contributed by atoms with Gasteiger partial charge >= 0.3 is 0 Å². The summed E-state index contributed by atoms with van der Waals surface area (Å²) in [5.41, 5.74) is 5.72. The zero-order chi connectivity index (χ0) is 12.0. The van der Waals surface area contributed by atoms with Crippen LogP contribution in [0.2, 0.25) is 0 Å². The van der Waals surface area contributed by atoms with Gasteiger partial charge < -0.3 is 11.1 Å². The van der Waals surface area contributed by atoms with Crippen LogP contribution >= 0.6 is 0 Å². The molecule has 0 saturated carbocycles. The summed E-state index contributed by atoms with van der Waals surface area (Å²) in [6.07, 6.45) is 2.00. The molecule has 5 heteroatoms. The third-order valence-electron chi connectivity index (χ3n) is 2.86. The molecule has 0 aliphatic rings. The molecule has 0 aromatic carbocycles. The van der Waals surface area contributed by atoms with E-state index >= 15 is 0 Å². The second-order valence-electron chi connectivity index (χ2n) is 3.93. The van der Waals surface area contributed by atoms with Crippen LogP contribution in [-0.4, -0.2) is 27.9 Å². The molecule has 0 amide bonds. The van der Waals surface area contributed by atoms with E-state index < -0.39 is 0 Å². The summed E-state index contributed by atoms with van der Waals surface area (Å²) in [6.45, 7) is 8.80. The molecular formula is C11H23N5. The van der Waals surface area contributed by atoms with Crippen molar-refractivity contribution in [1.82, 2.24) is 14.8 Å². The van der Waals surface area contributed by atoms with Crippen molar-refractivity contribution >= 4 is 5.95 Å². The van der Waals surface area contributed by atoms with E-state index in [0.29, 0.717) is 12.5 Å². The quantitative estimate of drug-likeness (QED) is 0.733. The van der Waals surface area contributed by atoms with Gasteiger partial charge in [0.1, 0.15) is 5.82 Å². The van der Waals surface area contributed by atoms with E-state index in [9.17, 15) is 0 Å². The van der Waals surface area contributed by atoms with Crippen molar-refractivity contribution in [2.45, 2.75) is 40.2 Å². The zero-order valence-electron chi connectivity index (χ0n) is 10.5. The van der Waals surface area contributed by atoms with Crippen molar-refractivity contribution in [1.29, 1.82) is 0 Å². The maximum absolute atomic E-state index is 5.72. The Balaban J connectivity index is 2.79. The summed E-state index contributed by atoms with van der Waals surface area (Å²) in [5.74, 6) is 2.41. The molecule has 1 aromatic heterocycles. The number of nitrogens with zero attached hydrogens (tertiary/aromatic N) is 3. The van der Waals surface area contributed by atoms with Gasteiger partial charge in [-0.05, 0) is 26.3 Å². The van der Waals surface area contributed by atoms with Gasteiger partial charge in [0.2, 0.25) is 5.95 Å². The molecule has 3 N–H and O–H groups in total. The van der Waals surface area contributed by atoms with E-state index in [-0.39, 0.29) is 0 Å². The van der Waals surface area contributed by atoms with Gasteiger partial charge in [-0.25, -0.2) is 0 Å². The fourth-order valence-electron chi connectivity index (χ4n) is 1.76. The first-order valence-electron chi connectivity index (χ1n) is 6.12. The number of nitrogens with two attached hydrogens (primary N) is 1. The largest absolute Gasteiger partial charge is 0.355 e. The Kier molecular flexibility index (Phi) is 5.25. The normalized spacial score (nSPS) is 12.8. The predicted octanol–water partition coefficient (Wildman–Crippen LogP) is 1.26.